The first kappa shape index (κ1) is 11.9. The molecule has 0 aromatic carbocycles. The second-order valence-electron chi connectivity index (χ2n) is 3.83. The fraction of sp³-hybridized carbons (Fsp3) is 0.900. The number of carboxylic acid groups (broad SMARTS) is 1. The molecule has 0 amide bonds. The second kappa shape index (κ2) is 5.61. The maximum atomic E-state index is 11.0. The van der Waals surface area contributed by atoms with Gasteiger partial charge < -0.3 is 5.11 Å². The number of hydrogen-bond donors (Lipinski definition) is 1. The minimum absolute atomic E-state index is 0.288. The Hall–Kier alpha value is -0.220. The van der Waals surface area contributed by atoms with Gasteiger partial charge in [-0.3, -0.25) is 9.69 Å². The van der Waals surface area contributed by atoms with Gasteiger partial charge >= 0.3 is 5.97 Å². The smallest absolute Gasteiger partial charge is 0.320 e. The van der Waals surface area contributed by atoms with Gasteiger partial charge in [0.15, 0.2) is 0 Å². The molecule has 0 spiro atoms. The summed E-state index contributed by atoms with van der Waals surface area (Å²) in [5, 5.41) is 9.09. The molecule has 0 saturated carbocycles. The molecule has 4 heteroatoms. The molecule has 14 heavy (non-hydrogen) atoms. The molecule has 1 heterocycles. The monoisotopic (exact) mass is 217 g/mol. The Morgan fingerprint density at radius 2 is 2.43 bits per heavy atom. The number of likely N-dealkylation sites (N-methyl/N-ethyl adjacent to an activating group) is 1. The summed E-state index contributed by atoms with van der Waals surface area (Å²) in [6, 6.07) is 0.177. The van der Waals surface area contributed by atoms with Crippen LogP contribution >= 0.6 is 11.8 Å². The minimum Gasteiger partial charge on any atom is -0.480 e. The molecule has 1 aliphatic rings. The van der Waals surface area contributed by atoms with Gasteiger partial charge in [-0.15, -0.1) is 0 Å². The summed E-state index contributed by atoms with van der Waals surface area (Å²) in [7, 11) is 1.95. The first-order valence-electron chi connectivity index (χ1n) is 5.19. The molecule has 0 aromatic heterocycles. The van der Waals surface area contributed by atoms with Crippen LogP contribution in [0.5, 0.6) is 0 Å². The van der Waals surface area contributed by atoms with Crippen LogP contribution in [-0.2, 0) is 4.79 Å². The number of hydrogen-bond acceptors (Lipinski definition) is 3. The van der Waals surface area contributed by atoms with Crippen molar-refractivity contribution in [3.05, 3.63) is 0 Å². The van der Waals surface area contributed by atoms with Gasteiger partial charge in [-0.1, -0.05) is 13.3 Å². The Bertz CT molecular complexity index is 193. The standard InChI is InChI=1S/C10H19NO2S/c1-3-4-9(10(12)13)11(2)8-5-6-14-7-8/h8-9H,3-7H2,1-2H3,(H,12,13). The first-order chi connectivity index (χ1) is 6.66. The van der Waals surface area contributed by atoms with E-state index in [-0.39, 0.29) is 6.04 Å². The van der Waals surface area contributed by atoms with Gasteiger partial charge in [0.05, 0.1) is 0 Å². The summed E-state index contributed by atoms with van der Waals surface area (Å²) in [6.45, 7) is 2.03. The van der Waals surface area contributed by atoms with Gasteiger partial charge in [0.1, 0.15) is 6.04 Å². The molecular weight excluding hydrogens is 198 g/mol. The number of nitrogens with zero attached hydrogens (tertiary/aromatic N) is 1. The lowest BCUT2D eigenvalue weighted by atomic mass is 10.1. The molecule has 82 valence electrons. The molecule has 0 radical (unpaired) electrons. The number of aliphatic carboxylic acids is 1. The maximum absolute atomic E-state index is 11.0. The zero-order chi connectivity index (χ0) is 10.6. The molecule has 2 atom stereocenters. The van der Waals surface area contributed by atoms with Crippen molar-refractivity contribution >= 4 is 17.7 Å². The fourth-order valence-electron chi connectivity index (χ4n) is 1.87. The largest absolute Gasteiger partial charge is 0.480 e. The van der Waals surface area contributed by atoms with Gasteiger partial charge in [0.25, 0.3) is 0 Å². The predicted octanol–water partition coefficient (Wildman–Crippen LogP) is 1.68. The van der Waals surface area contributed by atoms with Gasteiger partial charge in [-0.25, -0.2) is 0 Å². The van der Waals surface area contributed by atoms with E-state index in [1.54, 1.807) is 0 Å². The number of carboxylic acids is 1. The number of rotatable bonds is 5. The van der Waals surface area contributed by atoms with Gasteiger partial charge in [0, 0.05) is 11.8 Å². The Morgan fingerprint density at radius 1 is 1.71 bits per heavy atom. The van der Waals surface area contributed by atoms with Crippen molar-refractivity contribution in [2.75, 3.05) is 18.6 Å². The van der Waals surface area contributed by atoms with Crippen molar-refractivity contribution in [2.24, 2.45) is 0 Å². The highest BCUT2D eigenvalue weighted by molar-refractivity contribution is 7.99. The summed E-state index contributed by atoms with van der Waals surface area (Å²) >= 11 is 1.92. The van der Waals surface area contributed by atoms with Crippen molar-refractivity contribution in [1.29, 1.82) is 0 Å². The highest BCUT2D eigenvalue weighted by Gasteiger charge is 2.29. The molecule has 0 aromatic rings. The van der Waals surface area contributed by atoms with Crippen LogP contribution in [0.15, 0.2) is 0 Å². The molecule has 0 bridgehead atoms. The van der Waals surface area contributed by atoms with Gasteiger partial charge in [-0.05, 0) is 25.6 Å². The summed E-state index contributed by atoms with van der Waals surface area (Å²) in [6.07, 6.45) is 2.82. The Balaban J connectivity index is 2.52. The van der Waals surface area contributed by atoms with E-state index in [0.717, 1.165) is 25.0 Å². The van der Waals surface area contributed by atoms with E-state index < -0.39 is 5.97 Å². The average Bonchev–Trinajstić information content (AvgIpc) is 2.65. The second-order valence-corrected chi connectivity index (χ2v) is 4.98. The normalized spacial score (nSPS) is 24.1. The fourth-order valence-corrected chi connectivity index (χ4v) is 3.15. The number of carbonyl (C=O) groups is 1. The summed E-state index contributed by atoms with van der Waals surface area (Å²) in [4.78, 5) is 13.1. The zero-order valence-electron chi connectivity index (χ0n) is 8.90. The van der Waals surface area contributed by atoms with Crippen LogP contribution < -0.4 is 0 Å². The van der Waals surface area contributed by atoms with Crippen LogP contribution in [0.1, 0.15) is 26.2 Å². The Morgan fingerprint density at radius 3 is 2.86 bits per heavy atom. The third-order valence-electron chi connectivity index (χ3n) is 2.82. The van der Waals surface area contributed by atoms with Crippen molar-refractivity contribution < 1.29 is 9.90 Å². The third-order valence-corrected chi connectivity index (χ3v) is 3.97. The van der Waals surface area contributed by atoms with Crippen LogP contribution in [0.2, 0.25) is 0 Å². The van der Waals surface area contributed by atoms with Gasteiger partial charge in [0.2, 0.25) is 0 Å². The number of thioether (sulfide) groups is 1. The highest BCUT2D eigenvalue weighted by atomic mass is 32.2. The van der Waals surface area contributed by atoms with E-state index in [9.17, 15) is 4.79 Å². The molecule has 1 aliphatic heterocycles. The lowest BCUT2D eigenvalue weighted by Gasteiger charge is -2.29. The van der Waals surface area contributed by atoms with Crippen LogP contribution in [0, 0.1) is 0 Å². The van der Waals surface area contributed by atoms with Crippen LogP contribution in [0.4, 0.5) is 0 Å². The average molecular weight is 217 g/mol. The highest BCUT2D eigenvalue weighted by Crippen LogP contribution is 2.23. The van der Waals surface area contributed by atoms with Crippen molar-refractivity contribution in [3.63, 3.8) is 0 Å². The summed E-state index contributed by atoms with van der Waals surface area (Å²) in [5.41, 5.74) is 0. The summed E-state index contributed by atoms with van der Waals surface area (Å²) < 4.78 is 0. The van der Waals surface area contributed by atoms with E-state index >= 15 is 0 Å². The van der Waals surface area contributed by atoms with E-state index in [1.807, 2.05) is 30.6 Å². The van der Waals surface area contributed by atoms with Crippen molar-refractivity contribution in [3.8, 4) is 0 Å². The van der Waals surface area contributed by atoms with E-state index in [2.05, 4.69) is 0 Å². The molecule has 2 unspecified atom stereocenters. The first-order valence-corrected chi connectivity index (χ1v) is 6.34. The zero-order valence-corrected chi connectivity index (χ0v) is 9.72. The summed E-state index contributed by atoms with van der Waals surface area (Å²) in [5.74, 6) is 1.59. The van der Waals surface area contributed by atoms with E-state index in [4.69, 9.17) is 5.11 Å². The molecule has 1 saturated heterocycles. The molecule has 1 fully saturated rings. The van der Waals surface area contributed by atoms with Crippen molar-refractivity contribution in [2.45, 2.75) is 38.3 Å². The molecule has 1 N–H and O–H groups in total. The molecular formula is C10H19NO2S. The Kier molecular flexibility index (Phi) is 4.75. The van der Waals surface area contributed by atoms with Crippen molar-refractivity contribution in [1.82, 2.24) is 4.90 Å². The third kappa shape index (κ3) is 2.89. The molecule has 0 aliphatic carbocycles. The van der Waals surface area contributed by atoms with Crippen LogP contribution in [0.3, 0.4) is 0 Å². The Labute approximate surface area is 89.9 Å². The lowest BCUT2D eigenvalue weighted by Crippen LogP contribution is -2.44. The SMILES string of the molecule is CCCC(C(=O)O)N(C)C1CCSC1. The minimum atomic E-state index is -0.675. The van der Waals surface area contributed by atoms with Gasteiger partial charge in [-0.2, -0.15) is 11.8 Å². The van der Waals surface area contributed by atoms with E-state index in [0.29, 0.717) is 6.04 Å². The quantitative estimate of drug-likeness (QED) is 0.760. The molecule has 1 rings (SSSR count). The molecule has 3 nitrogen and oxygen atoms in total. The topological polar surface area (TPSA) is 40.5 Å². The lowest BCUT2D eigenvalue weighted by molar-refractivity contribution is -0.143. The maximum Gasteiger partial charge on any atom is 0.320 e. The van der Waals surface area contributed by atoms with Crippen LogP contribution in [0.25, 0.3) is 0 Å². The predicted molar refractivity (Wildman–Crippen MR) is 59.8 cm³/mol. The van der Waals surface area contributed by atoms with E-state index in [1.165, 1.54) is 5.75 Å². The van der Waals surface area contributed by atoms with Crippen LogP contribution in [-0.4, -0.2) is 46.6 Å².